The number of amides is 1. The zero-order valence-corrected chi connectivity index (χ0v) is 14.3. The third-order valence-corrected chi connectivity index (χ3v) is 4.10. The lowest BCUT2D eigenvalue weighted by Gasteiger charge is -2.03. The molecule has 1 aromatic heterocycles. The summed E-state index contributed by atoms with van der Waals surface area (Å²) in [7, 11) is 0. The Balaban J connectivity index is 1.40. The number of anilines is 1. The molecule has 1 N–H and O–H groups in total. The Morgan fingerprint density at radius 3 is 2.24 bits per heavy atom. The lowest BCUT2D eigenvalue weighted by Crippen LogP contribution is -2.11. The molecule has 2 aromatic carbocycles. The van der Waals surface area contributed by atoms with E-state index in [9.17, 15) is 4.79 Å². The molecule has 0 radical (unpaired) electrons. The van der Waals surface area contributed by atoms with Crippen LogP contribution in [0.3, 0.4) is 0 Å². The molecular formula is C21H23N3O. The normalized spacial score (nSPS) is 10.6. The van der Waals surface area contributed by atoms with Gasteiger partial charge in [0.15, 0.2) is 0 Å². The van der Waals surface area contributed by atoms with E-state index in [4.69, 9.17) is 0 Å². The van der Waals surface area contributed by atoms with E-state index >= 15 is 0 Å². The molecule has 3 aromatic rings. The number of benzene rings is 2. The van der Waals surface area contributed by atoms with Gasteiger partial charge in [-0.3, -0.25) is 9.48 Å². The largest absolute Gasteiger partial charge is 0.323 e. The molecule has 4 heteroatoms. The van der Waals surface area contributed by atoms with Crippen molar-refractivity contribution in [3.63, 3.8) is 0 Å². The van der Waals surface area contributed by atoms with Gasteiger partial charge in [-0.05, 0) is 30.4 Å². The number of carbonyl (C=O) groups is 1. The van der Waals surface area contributed by atoms with Crippen LogP contribution in [0.2, 0.25) is 0 Å². The molecule has 0 aliphatic heterocycles. The van der Waals surface area contributed by atoms with E-state index in [1.165, 1.54) is 11.1 Å². The van der Waals surface area contributed by atoms with E-state index in [0.29, 0.717) is 6.42 Å². The Morgan fingerprint density at radius 1 is 0.920 bits per heavy atom. The van der Waals surface area contributed by atoms with Gasteiger partial charge in [0.1, 0.15) is 0 Å². The number of aryl methyl sites for hydroxylation is 3. The fraction of sp³-hybridized carbons (Fsp3) is 0.238. The Morgan fingerprint density at radius 2 is 1.56 bits per heavy atom. The molecule has 25 heavy (non-hydrogen) atoms. The molecule has 1 heterocycles. The first-order chi connectivity index (χ1) is 12.3. The van der Waals surface area contributed by atoms with Crippen LogP contribution in [0.5, 0.6) is 0 Å². The molecule has 0 bridgehead atoms. The summed E-state index contributed by atoms with van der Waals surface area (Å²) in [4.78, 5) is 12.0. The van der Waals surface area contributed by atoms with Gasteiger partial charge in [-0.25, -0.2) is 0 Å². The second-order valence-electron chi connectivity index (χ2n) is 6.12. The predicted octanol–water partition coefficient (Wildman–Crippen LogP) is 4.09. The molecule has 0 spiro atoms. The van der Waals surface area contributed by atoms with Gasteiger partial charge in [-0.2, -0.15) is 5.10 Å². The summed E-state index contributed by atoms with van der Waals surface area (Å²) in [6.45, 7) is 0.799. The van der Waals surface area contributed by atoms with Crippen LogP contribution in [0.25, 0.3) is 0 Å². The SMILES string of the molecule is O=C(CCCc1ccccc1)Nc1cnn(CCc2ccccc2)c1. The van der Waals surface area contributed by atoms with Gasteiger partial charge in [0.25, 0.3) is 0 Å². The van der Waals surface area contributed by atoms with Crippen molar-refractivity contribution in [2.75, 3.05) is 5.32 Å². The van der Waals surface area contributed by atoms with Crippen molar-refractivity contribution in [2.24, 2.45) is 0 Å². The number of rotatable bonds is 8. The number of hydrogen-bond donors (Lipinski definition) is 1. The summed E-state index contributed by atoms with van der Waals surface area (Å²) < 4.78 is 1.87. The van der Waals surface area contributed by atoms with Crippen LogP contribution in [0.4, 0.5) is 5.69 Å². The molecule has 0 aliphatic rings. The van der Waals surface area contributed by atoms with Crippen molar-refractivity contribution < 1.29 is 4.79 Å². The highest BCUT2D eigenvalue weighted by Crippen LogP contribution is 2.09. The van der Waals surface area contributed by atoms with Crippen LogP contribution in [0.1, 0.15) is 24.0 Å². The van der Waals surface area contributed by atoms with Crippen molar-refractivity contribution in [1.82, 2.24) is 9.78 Å². The van der Waals surface area contributed by atoms with E-state index in [1.54, 1.807) is 6.20 Å². The Bertz CT molecular complexity index is 781. The lowest BCUT2D eigenvalue weighted by molar-refractivity contribution is -0.116. The van der Waals surface area contributed by atoms with Crippen LogP contribution in [-0.2, 0) is 24.2 Å². The first-order valence-corrected chi connectivity index (χ1v) is 8.70. The quantitative estimate of drug-likeness (QED) is 0.675. The fourth-order valence-corrected chi connectivity index (χ4v) is 2.76. The summed E-state index contributed by atoms with van der Waals surface area (Å²) in [6, 6.07) is 20.6. The summed E-state index contributed by atoms with van der Waals surface area (Å²) in [5.41, 5.74) is 3.31. The van der Waals surface area contributed by atoms with E-state index < -0.39 is 0 Å². The topological polar surface area (TPSA) is 46.9 Å². The van der Waals surface area contributed by atoms with E-state index in [-0.39, 0.29) is 5.91 Å². The van der Waals surface area contributed by atoms with Gasteiger partial charge in [0.05, 0.1) is 11.9 Å². The molecule has 0 saturated heterocycles. The highest BCUT2D eigenvalue weighted by atomic mass is 16.1. The van der Waals surface area contributed by atoms with Crippen molar-refractivity contribution >= 4 is 11.6 Å². The van der Waals surface area contributed by atoms with Crippen LogP contribution in [0.15, 0.2) is 73.1 Å². The van der Waals surface area contributed by atoms with E-state index in [0.717, 1.165) is 31.5 Å². The van der Waals surface area contributed by atoms with Gasteiger partial charge in [0.2, 0.25) is 5.91 Å². The molecule has 3 rings (SSSR count). The summed E-state index contributed by atoms with van der Waals surface area (Å²) >= 11 is 0. The van der Waals surface area contributed by atoms with Crippen LogP contribution in [-0.4, -0.2) is 15.7 Å². The van der Waals surface area contributed by atoms with Gasteiger partial charge in [0, 0.05) is 19.2 Å². The van der Waals surface area contributed by atoms with Crippen molar-refractivity contribution in [1.29, 1.82) is 0 Å². The Kier molecular flexibility index (Phi) is 5.99. The van der Waals surface area contributed by atoms with Gasteiger partial charge in [-0.1, -0.05) is 60.7 Å². The smallest absolute Gasteiger partial charge is 0.224 e. The average Bonchev–Trinajstić information content (AvgIpc) is 3.09. The third-order valence-electron chi connectivity index (χ3n) is 4.10. The molecule has 0 unspecified atom stereocenters. The molecule has 4 nitrogen and oxygen atoms in total. The summed E-state index contributed by atoms with van der Waals surface area (Å²) in [5.74, 6) is 0.0403. The minimum Gasteiger partial charge on any atom is -0.323 e. The first kappa shape index (κ1) is 17.0. The van der Waals surface area contributed by atoms with Crippen LogP contribution in [0, 0.1) is 0 Å². The lowest BCUT2D eigenvalue weighted by atomic mass is 10.1. The highest BCUT2D eigenvalue weighted by molar-refractivity contribution is 5.90. The zero-order chi connectivity index (χ0) is 17.3. The van der Waals surface area contributed by atoms with E-state index in [1.807, 2.05) is 47.3 Å². The number of carbonyl (C=O) groups excluding carboxylic acids is 1. The molecule has 1 amide bonds. The minimum atomic E-state index is 0.0403. The summed E-state index contributed by atoms with van der Waals surface area (Å²) in [6.07, 6.45) is 6.80. The second-order valence-corrected chi connectivity index (χ2v) is 6.12. The molecule has 0 fully saturated rings. The monoisotopic (exact) mass is 333 g/mol. The maximum absolute atomic E-state index is 12.0. The predicted molar refractivity (Wildman–Crippen MR) is 100 cm³/mol. The van der Waals surface area contributed by atoms with E-state index in [2.05, 4.69) is 34.7 Å². The molecule has 0 aliphatic carbocycles. The van der Waals surface area contributed by atoms with Crippen molar-refractivity contribution in [3.8, 4) is 0 Å². The summed E-state index contributed by atoms with van der Waals surface area (Å²) in [5, 5.41) is 7.24. The van der Waals surface area contributed by atoms with Gasteiger partial charge in [-0.15, -0.1) is 0 Å². The van der Waals surface area contributed by atoms with Crippen molar-refractivity contribution in [2.45, 2.75) is 32.2 Å². The van der Waals surface area contributed by atoms with Crippen molar-refractivity contribution in [3.05, 3.63) is 84.2 Å². The number of nitrogens with one attached hydrogen (secondary N) is 1. The third kappa shape index (κ3) is 5.60. The molecule has 128 valence electrons. The molecule has 0 saturated carbocycles. The maximum atomic E-state index is 12.0. The van der Waals surface area contributed by atoms with Gasteiger partial charge < -0.3 is 5.32 Å². The second kappa shape index (κ2) is 8.83. The standard InChI is InChI=1S/C21H23N3O/c25-21(13-7-12-18-8-3-1-4-9-18)23-20-16-22-24(17-20)15-14-19-10-5-2-6-11-19/h1-6,8-11,16-17H,7,12-15H2,(H,23,25). The fourth-order valence-electron chi connectivity index (χ4n) is 2.76. The number of aromatic nitrogens is 2. The van der Waals surface area contributed by atoms with Crippen LogP contribution < -0.4 is 5.32 Å². The Hall–Kier alpha value is -2.88. The highest BCUT2D eigenvalue weighted by Gasteiger charge is 2.05. The maximum Gasteiger partial charge on any atom is 0.224 e. The Labute approximate surface area is 148 Å². The number of nitrogens with zero attached hydrogens (tertiary/aromatic N) is 2. The first-order valence-electron chi connectivity index (χ1n) is 8.70. The molecular weight excluding hydrogens is 310 g/mol. The minimum absolute atomic E-state index is 0.0403. The average molecular weight is 333 g/mol. The van der Waals surface area contributed by atoms with Crippen LogP contribution >= 0.6 is 0 Å². The number of hydrogen-bond acceptors (Lipinski definition) is 2. The van der Waals surface area contributed by atoms with Gasteiger partial charge >= 0.3 is 0 Å². The zero-order valence-electron chi connectivity index (χ0n) is 14.3. The molecule has 0 atom stereocenters.